The van der Waals surface area contributed by atoms with Crippen LogP contribution in [0.1, 0.15) is 22.0 Å². The van der Waals surface area contributed by atoms with Gasteiger partial charge in [0.1, 0.15) is 0 Å². The zero-order valence-electron chi connectivity index (χ0n) is 16.7. The number of para-hydroxylation sites is 1. The van der Waals surface area contributed by atoms with Crippen LogP contribution in [0.25, 0.3) is 22.2 Å². The second kappa shape index (κ2) is 8.62. The van der Waals surface area contributed by atoms with Crippen LogP contribution in [0.3, 0.4) is 0 Å². The van der Waals surface area contributed by atoms with Gasteiger partial charge in [-0.25, -0.2) is 9.78 Å². The van der Waals surface area contributed by atoms with Gasteiger partial charge < -0.3 is 15.3 Å². The van der Waals surface area contributed by atoms with Gasteiger partial charge in [0.15, 0.2) is 18.4 Å². The summed E-state index contributed by atoms with van der Waals surface area (Å²) in [5, 5.41) is 15.0. The molecule has 2 aromatic heterocycles. The Kier molecular flexibility index (Phi) is 5.57. The third-order valence-corrected chi connectivity index (χ3v) is 4.87. The van der Waals surface area contributed by atoms with Crippen molar-refractivity contribution in [2.45, 2.75) is 6.04 Å². The lowest BCUT2D eigenvalue weighted by Crippen LogP contribution is -2.36. The van der Waals surface area contributed by atoms with E-state index in [2.05, 4.69) is 10.3 Å². The molecule has 1 unspecified atom stereocenters. The first-order valence-corrected chi connectivity index (χ1v) is 9.59. The number of aromatic nitrogens is 2. The van der Waals surface area contributed by atoms with Gasteiger partial charge in [-0.3, -0.25) is 4.79 Å². The molecule has 0 radical (unpaired) electrons. The number of nitrogens with one attached hydrogen (secondary N) is 1. The van der Waals surface area contributed by atoms with E-state index >= 15 is 0 Å². The highest BCUT2D eigenvalue weighted by molar-refractivity contribution is 6.08. The van der Waals surface area contributed by atoms with Crippen LogP contribution >= 0.6 is 0 Å². The highest BCUT2D eigenvalue weighted by atomic mass is 16.5. The van der Waals surface area contributed by atoms with Crippen molar-refractivity contribution in [3.8, 4) is 11.3 Å². The lowest BCUT2D eigenvalue weighted by atomic mass is 10.0. The average Bonchev–Trinajstić information content (AvgIpc) is 2.81. The van der Waals surface area contributed by atoms with Crippen molar-refractivity contribution in [1.82, 2.24) is 10.3 Å². The number of carbonyl (C=O) groups excluding carboxylic acids is 2. The van der Waals surface area contributed by atoms with Gasteiger partial charge >= 0.3 is 5.97 Å². The maximum Gasteiger partial charge on any atom is 0.333 e. The van der Waals surface area contributed by atoms with E-state index < -0.39 is 17.9 Å². The molecule has 0 aliphatic heterocycles. The maximum absolute atomic E-state index is 13.3. The van der Waals surface area contributed by atoms with Crippen LogP contribution in [0.4, 0.5) is 0 Å². The van der Waals surface area contributed by atoms with E-state index in [1.165, 1.54) is 25.6 Å². The number of benzene rings is 2. The second-order valence-corrected chi connectivity index (χ2v) is 6.87. The molecule has 4 rings (SSSR count). The molecule has 2 heterocycles. The van der Waals surface area contributed by atoms with Gasteiger partial charge in [-0.05, 0) is 18.2 Å². The Bertz CT molecular complexity index is 1260. The van der Waals surface area contributed by atoms with E-state index in [0.717, 1.165) is 5.56 Å². The molecule has 0 spiro atoms. The number of methoxy groups -OCH3 is 1. The van der Waals surface area contributed by atoms with Crippen LogP contribution in [0.5, 0.6) is 0 Å². The summed E-state index contributed by atoms with van der Waals surface area (Å²) in [6.45, 7) is 0. The fourth-order valence-electron chi connectivity index (χ4n) is 3.37. The molecule has 0 fully saturated rings. The first-order valence-electron chi connectivity index (χ1n) is 9.59. The SMILES string of the molecule is COC(=O)C(NC(=O)c1cc(-c2ccccc2)nc2ccccc12)c1ccc[n+]([O-])c1. The molecule has 7 heteroatoms. The molecule has 0 aliphatic carbocycles. The van der Waals surface area contributed by atoms with Crippen LogP contribution in [0, 0.1) is 5.21 Å². The minimum Gasteiger partial charge on any atom is -0.619 e. The van der Waals surface area contributed by atoms with Crippen molar-refractivity contribution in [1.29, 1.82) is 0 Å². The van der Waals surface area contributed by atoms with Crippen molar-refractivity contribution in [3.63, 3.8) is 0 Å². The molecule has 0 aliphatic rings. The van der Waals surface area contributed by atoms with Gasteiger partial charge in [0, 0.05) is 17.0 Å². The molecule has 154 valence electrons. The van der Waals surface area contributed by atoms with Gasteiger partial charge in [-0.2, -0.15) is 4.73 Å². The van der Waals surface area contributed by atoms with E-state index in [-0.39, 0.29) is 0 Å². The average molecular weight is 413 g/mol. The Morgan fingerprint density at radius 3 is 2.52 bits per heavy atom. The zero-order valence-corrected chi connectivity index (χ0v) is 16.7. The lowest BCUT2D eigenvalue weighted by molar-refractivity contribution is -0.605. The highest BCUT2D eigenvalue weighted by Crippen LogP contribution is 2.25. The second-order valence-electron chi connectivity index (χ2n) is 6.87. The van der Waals surface area contributed by atoms with Crippen molar-refractivity contribution >= 4 is 22.8 Å². The fourth-order valence-corrected chi connectivity index (χ4v) is 3.37. The monoisotopic (exact) mass is 413 g/mol. The van der Waals surface area contributed by atoms with E-state index in [1.807, 2.05) is 48.5 Å². The number of nitrogens with zero attached hydrogens (tertiary/aromatic N) is 2. The lowest BCUT2D eigenvalue weighted by Gasteiger charge is -2.17. The summed E-state index contributed by atoms with van der Waals surface area (Å²) in [6, 6.07) is 20.4. The van der Waals surface area contributed by atoms with E-state index in [0.29, 0.717) is 32.5 Å². The van der Waals surface area contributed by atoms with Crippen molar-refractivity contribution < 1.29 is 19.1 Å². The minimum absolute atomic E-state index is 0.319. The molecule has 1 amide bonds. The van der Waals surface area contributed by atoms with Gasteiger partial charge in [0.2, 0.25) is 0 Å². The number of amides is 1. The number of carbonyl (C=O) groups is 2. The first kappa shape index (κ1) is 20.0. The Balaban J connectivity index is 1.78. The molecule has 0 bridgehead atoms. The number of pyridine rings is 2. The fraction of sp³-hybridized carbons (Fsp3) is 0.0833. The van der Waals surface area contributed by atoms with Crippen LogP contribution in [-0.2, 0) is 9.53 Å². The standard InChI is InChI=1S/C24H19N3O4/c1-31-24(29)22(17-10-7-13-27(30)15-17)26-23(28)19-14-21(16-8-3-2-4-9-16)25-20-12-6-5-11-18(19)20/h2-15,22H,1H3,(H,26,28). The predicted molar refractivity (Wildman–Crippen MR) is 115 cm³/mol. The minimum atomic E-state index is -1.13. The Morgan fingerprint density at radius 2 is 1.77 bits per heavy atom. The molecule has 1 atom stereocenters. The Hall–Kier alpha value is -4.26. The van der Waals surface area contributed by atoms with Crippen molar-refractivity contribution in [2.75, 3.05) is 7.11 Å². The molecule has 2 aromatic carbocycles. The molecule has 31 heavy (non-hydrogen) atoms. The van der Waals surface area contributed by atoms with Crippen molar-refractivity contribution in [3.05, 3.63) is 102 Å². The van der Waals surface area contributed by atoms with Crippen LogP contribution in [0.2, 0.25) is 0 Å². The van der Waals surface area contributed by atoms with Gasteiger partial charge in [0.25, 0.3) is 5.91 Å². The summed E-state index contributed by atoms with van der Waals surface area (Å²) in [6.07, 6.45) is 2.52. The predicted octanol–water partition coefficient (Wildman–Crippen LogP) is 3.18. The maximum atomic E-state index is 13.3. The van der Waals surface area contributed by atoms with Gasteiger partial charge in [-0.15, -0.1) is 0 Å². The van der Waals surface area contributed by atoms with Gasteiger partial charge in [0.05, 0.1) is 29.4 Å². The Morgan fingerprint density at radius 1 is 1.03 bits per heavy atom. The number of hydrogen-bond acceptors (Lipinski definition) is 5. The summed E-state index contributed by atoms with van der Waals surface area (Å²) in [5.41, 5.74) is 2.84. The number of ether oxygens (including phenoxy) is 1. The molecule has 4 aromatic rings. The topological polar surface area (TPSA) is 95.2 Å². The highest BCUT2D eigenvalue weighted by Gasteiger charge is 2.27. The molecule has 0 saturated carbocycles. The molecular weight excluding hydrogens is 394 g/mol. The van der Waals surface area contributed by atoms with E-state index in [1.54, 1.807) is 18.2 Å². The summed E-state index contributed by atoms with van der Waals surface area (Å²) < 4.78 is 5.41. The van der Waals surface area contributed by atoms with Crippen molar-refractivity contribution in [2.24, 2.45) is 0 Å². The van der Waals surface area contributed by atoms with Gasteiger partial charge in [-0.1, -0.05) is 48.5 Å². The number of hydrogen-bond donors (Lipinski definition) is 1. The zero-order chi connectivity index (χ0) is 21.8. The Labute approximate surface area is 178 Å². The molecular formula is C24H19N3O4. The number of rotatable bonds is 5. The number of fused-ring (bicyclic) bond motifs is 1. The van der Waals surface area contributed by atoms with E-state index in [9.17, 15) is 14.8 Å². The normalized spacial score (nSPS) is 11.6. The van der Waals surface area contributed by atoms with Crippen LogP contribution < -0.4 is 10.0 Å². The summed E-state index contributed by atoms with van der Waals surface area (Å²) in [7, 11) is 1.23. The molecule has 7 nitrogen and oxygen atoms in total. The van der Waals surface area contributed by atoms with Crippen LogP contribution in [-0.4, -0.2) is 24.0 Å². The van der Waals surface area contributed by atoms with E-state index in [4.69, 9.17) is 4.74 Å². The van der Waals surface area contributed by atoms with Crippen LogP contribution in [0.15, 0.2) is 85.2 Å². The summed E-state index contributed by atoms with van der Waals surface area (Å²) >= 11 is 0. The smallest absolute Gasteiger partial charge is 0.333 e. The summed E-state index contributed by atoms with van der Waals surface area (Å²) in [4.78, 5) is 30.4. The largest absolute Gasteiger partial charge is 0.619 e. The quantitative estimate of drug-likeness (QED) is 0.308. The third-order valence-electron chi connectivity index (χ3n) is 4.87. The molecule has 0 saturated heterocycles. The first-order chi connectivity index (χ1) is 15.1. The number of esters is 1. The molecule has 1 N–H and O–H groups in total. The summed E-state index contributed by atoms with van der Waals surface area (Å²) in [5.74, 6) is -1.16. The third kappa shape index (κ3) is 4.20.